The molecule has 0 saturated carbocycles. The van der Waals surface area contributed by atoms with Gasteiger partial charge in [-0.2, -0.15) is 20.4 Å². The standard InChI is InChI=1S/C28H25N9O.C28H25N9.C27H23N9.C25H21N9/c1-28(2,3)10-23(38)33-19-8-17(11-30-13-19)18-9-20-25(36-37-26(20)32-12-18)27-34-22-15-31-14-21(24(22)35-27)16-4-6-29-7-5-16;1-2-8-37(9-3-1)17-18-10-20(13-30-12-18)21-11-22-26(35-36-27(22)32-14-21)28-33-24-16-31-15-23(25(24)34-28)19-4-6-29-7-5-19;1-2-8-36(7-1)16-17-9-19(12-29-11-17)20-10-21-25(34-35-26(21)31-13-20)27-32-23-15-30-14-22(24(23)33-27)18-3-5-28-6-4-18;1-34(2)14-15-7-17(10-27-9-15)18-8-19-23(32-33-24(19)29-11-18)25-30-21-13-28-12-20(22(21)31-25)16-3-5-26-6-4-16/h4-9,11-15H,10H2,1-3H3,(H,33,38)(H,34,35)(H,32,36,37);4-7,10-16H,1-3,8-9,17H2,(H,33,34)(H,32,35,36);3-6,9-15H,1-2,7-8,16H2,(H,32,33)(H,31,34,35);3-13H,14H2,1-2H3,(H,30,31)(H,29,32,33). The molecule has 2 fully saturated rings. The number of imidazole rings is 4. The molecule has 0 aliphatic carbocycles. The summed E-state index contributed by atoms with van der Waals surface area (Å²) in [5, 5.41) is 36.5. The van der Waals surface area contributed by atoms with Gasteiger partial charge in [-0.25, -0.2) is 39.9 Å². The summed E-state index contributed by atoms with van der Waals surface area (Å²) in [5.41, 5.74) is 31.9. The van der Waals surface area contributed by atoms with Crippen LogP contribution in [0.25, 0.3) is 223 Å². The zero-order valence-electron chi connectivity index (χ0n) is 79.6. The summed E-state index contributed by atoms with van der Waals surface area (Å²) < 4.78 is 0. The van der Waals surface area contributed by atoms with Crippen LogP contribution in [0.3, 0.4) is 0 Å². The Hall–Kier alpha value is -18.5. The fourth-order valence-corrected chi connectivity index (χ4v) is 18.6. The number of carbonyl (C=O) groups excluding carboxylic acids is 1. The molecule has 2 saturated heterocycles. The normalized spacial score (nSPS) is 13.0. The highest BCUT2D eigenvalue weighted by molar-refractivity contribution is 6.02. The summed E-state index contributed by atoms with van der Waals surface area (Å²) >= 11 is 0. The number of aromatic amines is 8. The molecule has 0 atom stereocenters. The van der Waals surface area contributed by atoms with Crippen LogP contribution in [-0.2, 0) is 24.4 Å². The lowest BCUT2D eigenvalue weighted by Gasteiger charge is -2.26. The van der Waals surface area contributed by atoms with Gasteiger partial charge < -0.3 is 30.2 Å². The molecule has 24 aromatic rings. The smallest absolute Gasteiger partial charge is 0.224 e. The Morgan fingerprint density at radius 2 is 0.600 bits per heavy atom. The van der Waals surface area contributed by atoms with Crippen molar-refractivity contribution in [3.8, 4) is 135 Å². The highest BCUT2D eigenvalue weighted by Gasteiger charge is 2.26. The van der Waals surface area contributed by atoms with Gasteiger partial charge >= 0.3 is 0 Å². The molecule has 712 valence electrons. The van der Waals surface area contributed by atoms with Gasteiger partial charge in [0.05, 0.1) is 102 Å². The highest BCUT2D eigenvalue weighted by atomic mass is 16.1. The summed E-state index contributed by atoms with van der Waals surface area (Å²) in [4.78, 5) is 123. The largest absolute Gasteiger partial charge is 0.335 e. The minimum Gasteiger partial charge on any atom is -0.335 e. The van der Waals surface area contributed by atoms with Gasteiger partial charge in [0, 0.05) is 235 Å². The van der Waals surface area contributed by atoms with Crippen LogP contribution in [-0.4, -0.2) is 221 Å². The minimum absolute atomic E-state index is 0.0485. The Balaban J connectivity index is 0.000000107. The van der Waals surface area contributed by atoms with Crippen molar-refractivity contribution in [2.24, 2.45) is 5.41 Å². The summed E-state index contributed by atoms with van der Waals surface area (Å²) in [6.45, 7) is 13.4. The molecule has 37 heteroatoms. The molecule has 0 unspecified atom stereocenters. The average molecular weight is 1910 g/mol. The van der Waals surface area contributed by atoms with E-state index < -0.39 is 0 Å². The van der Waals surface area contributed by atoms with E-state index in [0.29, 0.717) is 63.7 Å². The van der Waals surface area contributed by atoms with Crippen LogP contribution in [0.2, 0.25) is 0 Å². The number of nitrogens with one attached hydrogen (secondary N) is 9. The number of carbonyl (C=O) groups is 1. The topological polar surface area (TPSA) is 474 Å². The number of amides is 1. The number of rotatable bonds is 20. The van der Waals surface area contributed by atoms with E-state index >= 15 is 0 Å². The summed E-state index contributed by atoms with van der Waals surface area (Å²) in [7, 11) is 4.09. The summed E-state index contributed by atoms with van der Waals surface area (Å²) in [5.74, 6) is 2.64. The van der Waals surface area contributed by atoms with Gasteiger partial charge in [-0.1, -0.05) is 27.2 Å². The van der Waals surface area contributed by atoms with E-state index in [0.717, 1.165) is 223 Å². The Morgan fingerprint density at radius 1 is 0.317 bits per heavy atom. The van der Waals surface area contributed by atoms with Crippen LogP contribution in [0.15, 0.2) is 271 Å². The first kappa shape index (κ1) is 90.4. The zero-order valence-corrected chi connectivity index (χ0v) is 79.6. The molecule has 2 aliphatic rings. The third kappa shape index (κ3) is 19.5. The molecular weight excluding hydrogens is 1820 g/mol. The molecule has 37 nitrogen and oxygen atoms in total. The molecule has 26 heterocycles. The first-order chi connectivity index (χ1) is 71.1. The molecular formula is C108H94N36O. The van der Waals surface area contributed by atoms with Crippen molar-refractivity contribution >= 4 is 99.9 Å². The van der Waals surface area contributed by atoms with Crippen molar-refractivity contribution in [2.45, 2.75) is 78.9 Å². The molecule has 1 amide bonds. The molecule has 0 radical (unpaired) electrons. The number of pyridine rings is 16. The lowest BCUT2D eigenvalue weighted by atomic mass is 9.92. The minimum atomic E-state index is -0.104. The van der Waals surface area contributed by atoms with Gasteiger partial charge in [-0.15, -0.1) is 0 Å². The van der Waals surface area contributed by atoms with Crippen LogP contribution in [0.1, 0.15) is 76.0 Å². The number of aromatic nitrogens is 32. The maximum absolute atomic E-state index is 12.4. The van der Waals surface area contributed by atoms with Crippen molar-refractivity contribution in [2.75, 3.05) is 45.6 Å². The van der Waals surface area contributed by atoms with Gasteiger partial charge in [0.2, 0.25) is 5.91 Å². The van der Waals surface area contributed by atoms with Gasteiger partial charge in [0.1, 0.15) is 22.8 Å². The van der Waals surface area contributed by atoms with Gasteiger partial charge in [0.15, 0.2) is 45.9 Å². The maximum atomic E-state index is 12.4. The first-order valence-corrected chi connectivity index (χ1v) is 47.6. The van der Waals surface area contributed by atoms with Gasteiger partial charge in [-0.3, -0.25) is 94.8 Å². The molecule has 0 spiro atoms. The predicted molar refractivity (Wildman–Crippen MR) is 557 cm³/mol. The van der Waals surface area contributed by atoms with Crippen LogP contribution < -0.4 is 5.32 Å². The van der Waals surface area contributed by atoms with Crippen LogP contribution in [0.5, 0.6) is 0 Å². The number of anilines is 1. The Morgan fingerprint density at radius 3 is 0.917 bits per heavy atom. The third-order valence-corrected chi connectivity index (χ3v) is 25.5. The average Bonchev–Trinajstić information content (AvgIpc) is 1.62. The second-order valence-corrected chi connectivity index (χ2v) is 37.4. The van der Waals surface area contributed by atoms with Crippen LogP contribution in [0.4, 0.5) is 5.69 Å². The van der Waals surface area contributed by atoms with Crippen molar-refractivity contribution in [1.29, 1.82) is 0 Å². The van der Waals surface area contributed by atoms with E-state index in [1.54, 1.807) is 99.1 Å². The number of likely N-dealkylation sites (tertiary alicyclic amines) is 2. The van der Waals surface area contributed by atoms with Crippen molar-refractivity contribution in [1.82, 2.24) is 175 Å². The number of hydrogen-bond acceptors (Lipinski definition) is 28. The van der Waals surface area contributed by atoms with Crippen molar-refractivity contribution < 1.29 is 4.79 Å². The van der Waals surface area contributed by atoms with E-state index in [-0.39, 0.29) is 11.3 Å². The molecule has 26 rings (SSSR count). The van der Waals surface area contributed by atoms with Gasteiger partial charge in [0.25, 0.3) is 0 Å². The van der Waals surface area contributed by atoms with E-state index in [1.807, 2.05) is 170 Å². The number of piperidine rings is 1. The number of fused-ring (bicyclic) bond motifs is 8. The molecule has 24 aromatic heterocycles. The second-order valence-electron chi connectivity index (χ2n) is 37.4. The quantitative estimate of drug-likeness (QED) is 0.0342. The highest BCUT2D eigenvalue weighted by Crippen LogP contribution is 2.40. The Kier molecular flexibility index (Phi) is 24.7. The second kappa shape index (κ2) is 39.7. The number of H-pyrrole nitrogens is 8. The molecule has 0 bridgehead atoms. The Bertz CT molecular complexity index is 8810. The molecule has 145 heavy (non-hydrogen) atoms. The van der Waals surface area contributed by atoms with E-state index in [4.69, 9.17) is 19.9 Å². The lowest BCUT2D eigenvalue weighted by molar-refractivity contribution is -0.117. The van der Waals surface area contributed by atoms with E-state index in [2.05, 4.69) is 197 Å². The fourth-order valence-electron chi connectivity index (χ4n) is 18.6. The van der Waals surface area contributed by atoms with Crippen molar-refractivity contribution in [3.63, 3.8) is 0 Å². The van der Waals surface area contributed by atoms with Gasteiger partial charge in [-0.05, 0) is 207 Å². The summed E-state index contributed by atoms with van der Waals surface area (Å²) in [6.07, 6.45) is 57.5. The van der Waals surface area contributed by atoms with Crippen molar-refractivity contribution in [3.05, 3.63) is 287 Å². The Labute approximate surface area is 827 Å². The maximum Gasteiger partial charge on any atom is 0.224 e. The van der Waals surface area contributed by atoms with E-state index in [9.17, 15) is 4.79 Å². The fraction of sp³-hybridized carbons (Fsp3) is 0.176. The third-order valence-electron chi connectivity index (χ3n) is 25.5. The SMILES string of the molecule is CC(C)(C)CC(=O)Nc1cncc(-c2cnc3n[nH]c(-c4nc5c(-c6ccncc6)cncc5[nH]4)c3c2)c1.CN(C)Cc1cncc(-c2cnc3n[nH]c(-c4nc5c(-c6ccncc6)cncc5[nH]4)c3c2)c1.c1cc(-c2cncc3[nH]c(-c4[nH]nc5ncc(-c6cncc(CN7CCCC7)c6)cc45)nc23)ccn1.c1cc(-c2cncc3[nH]c(-c4[nH]nc5ncc(-c6cncc(CN7CCCCC7)c6)cc45)nc23)ccn1. The number of hydrogen-bond donors (Lipinski definition) is 9. The zero-order chi connectivity index (χ0) is 97.9. The lowest BCUT2D eigenvalue weighted by Crippen LogP contribution is -2.29. The van der Waals surface area contributed by atoms with Crippen LogP contribution in [0, 0.1) is 5.41 Å². The molecule has 9 N–H and O–H groups in total. The molecule has 0 aromatic carbocycles. The molecule has 2 aliphatic heterocycles. The predicted octanol–water partition coefficient (Wildman–Crippen LogP) is 19.1. The number of nitrogens with zero attached hydrogens (tertiary/aromatic N) is 27. The van der Waals surface area contributed by atoms with E-state index in [1.165, 1.54) is 43.2 Å². The summed E-state index contributed by atoms with van der Waals surface area (Å²) in [6, 6.07) is 32.3. The van der Waals surface area contributed by atoms with Crippen LogP contribution >= 0.6 is 0 Å². The monoisotopic (exact) mass is 1910 g/mol. The first-order valence-electron chi connectivity index (χ1n) is 47.6.